The minimum atomic E-state index is -0.653. The Bertz CT molecular complexity index is 1160. The molecule has 0 aliphatic rings. The maximum Gasteiger partial charge on any atom is 0.243 e. The summed E-state index contributed by atoms with van der Waals surface area (Å²) in [5, 5.41) is 3.87. The summed E-state index contributed by atoms with van der Waals surface area (Å²) in [5.74, 6) is 0.747. The van der Waals surface area contributed by atoms with Crippen molar-refractivity contribution in [2.24, 2.45) is 0 Å². The molecule has 7 heteroatoms. The third-order valence-corrected chi connectivity index (χ3v) is 7.61. The second-order valence-electron chi connectivity index (χ2n) is 8.69. The number of hydrogen-bond acceptors (Lipinski definition) is 3. The van der Waals surface area contributed by atoms with Crippen molar-refractivity contribution < 1.29 is 9.59 Å². The van der Waals surface area contributed by atoms with Gasteiger partial charge in [0.15, 0.2) is 0 Å². The van der Waals surface area contributed by atoms with Crippen LogP contribution in [0, 0.1) is 6.92 Å². The van der Waals surface area contributed by atoms with E-state index in [0.29, 0.717) is 23.0 Å². The number of nitrogens with zero attached hydrogens (tertiary/aromatic N) is 1. The summed E-state index contributed by atoms with van der Waals surface area (Å²) < 4.78 is 0. The van der Waals surface area contributed by atoms with Gasteiger partial charge in [0, 0.05) is 25.3 Å². The van der Waals surface area contributed by atoms with Crippen molar-refractivity contribution in [3.63, 3.8) is 0 Å². The molecule has 0 aliphatic heterocycles. The Labute approximate surface area is 228 Å². The molecular formula is C29H32Cl2N2O2S. The number of aryl methyl sites for hydroxylation is 1. The molecule has 1 atom stereocenters. The van der Waals surface area contributed by atoms with Crippen LogP contribution in [-0.4, -0.2) is 35.1 Å². The van der Waals surface area contributed by atoms with Crippen molar-refractivity contribution in [2.45, 2.75) is 45.0 Å². The fraction of sp³-hybridized carbons (Fsp3) is 0.310. The maximum absolute atomic E-state index is 13.7. The lowest BCUT2D eigenvalue weighted by Gasteiger charge is -2.31. The minimum absolute atomic E-state index is 0.0905. The highest BCUT2D eigenvalue weighted by Gasteiger charge is 2.30. The molecule has 0 radical (unpaired) electrons. The van der Waals surface area contributed by atoms with Gasteiger partial charge in [-0.3, -0.25) is 9.59 Å². The van der Waals surface area contributed by atoms with Crippen LogP contribution in [0.15, 0.2) is 72.8 Å². The minimum Gasteiger partial charge on any atom is -0.354 e. The first-order valence-electron chi connectivity index (χ1n) is 12.1. The molecule has 190 valence electrons. The Hall–Kier alpha value is -2.47. The number of halogens is 2. The zero-order valence-electron chi connectivity index (χ0n) is 20.7. The second kappa shape index (κ2) is 14.3. The van der Waals surface area contributed by atoms with Gasteiger partial charge in [0.25, 0.3) is 0 Å². The van der Waals surface area contributed by atoms with Crippen LogP contribution in [0.4, 0.5) is 0 Å². The topological polar surface area (TPSA) is 49.4 Å². The lowest BCUT2D eigenvalue weighted by atomic mass is 10.0. The van der Waals surface area contributed by atoms with Gasteiger partial charge in [-0.1, -0.05) is 90.8 Å². The molecule has 0 unspecified atom stereocenters. The highest BCUT2D eigenvalue weighted by Crippen LogP contribution is 2.25. The van der Waals surface area contributed by atoms with Gasteiger partial charge in [-0.25, -0.2) is 0 Å². The van der Waals surface area contributed by atoms with Gasteiger partial charge in [0.2, 0.25) is 11.8 Å². The molecular weight excluding hydrogens is 511 g/mol. The van der Waals surface area contributed by atoms with Crippen LogP contribution in [0.5, 0.6) is 0 Å². The van der Waals surface area contributed by atoms with E-state index in [-0.39, 0.29) is 24.1 Å². The summed E-state index contributed by atoms with van der Waals surface area (Å²) in [4.78, 5) is 28.7. The van der Waals surface area contributed by atoms with Gasteiger partial charge in [0.1, 0.15) is 6.04 Å². The van der Waals surface area contributed by atoms with Crippen LogP contribution in [0.3, 0.4) is 0 Å². The van der Waals surface area contributed by atoms with Crippen LogP contribution >= 0.6 is 35.0 Å². The number of hydrogen-bond donors (Lipinski definition) is 1. The molecule has 0 aromatic heterocycles. The van der Waals surface area contributed by atoms with E-state index < -0.39 is 6.04 Å². The van der Waals surface area contributed by atoms with Crippen LogP contribution in [0.25, 0.3) is 0 Å². The summed E-state index contributed by atoms with van der Waals surface area (Å²) in [6, 6.07) is 22.6. The Morgan fingerprint density at radius 3 is 2.36 bits per heavy atom. The van der Waals surface area contributed by atoms with Gasteiger partial charge in [-0.15, -0.1) is 11.8 Å². The largest absolute Gasteiger partial charge is 0.354 e. The van der Waals surface area contributed by atoms with E-state index in [1.807, 2.05) is 55.5 Å². The molecule has 1 N–H and O–H groups in total. The van der Waals surface area contributed by atoms with Crippen molar-refractivity contribution >= 4 is 46.8 Å². The van der Waals surface area contributed by atoms with E-state index in [0.717, 1.165) is 23.3 Å². The third-order valence-electron chi connectivity index (χ3n) is 5.90. The molecule has 3 aromatic rings. The second-order valence-corrected chi connectivity index (χ2v) is 10.5. The third kappa shape index (κ3) is 8.29. The first-order chi connectivity index (χ1) is 17.4. The number of benzene rings is 3. The van der Waals surface area contributed by atoms with Crippen LogP contribution < -0.4 is 5.32 Å². The maximum atomic E-state index is 13.7. The highest BCUT2D eigenvalue weighted by molar-refractivity contribution is 7.99. The van der Waals surface area contributed by atoms with E-state index >= 15 is 0 Å². The van der Waals surface area contributed by atoms with E-state index in [9.17, 15) is 9.59 Å². The molecule has 2 amide bonds. The Balaban J connectivity index is 1.86. The number of rotatable bonds is 12. The molecule has 0 heterocycles. The van der Waals surface area contributed by atoms with Crippen molar-refractivity contribution in [3.05, 3.63) is 105 Å². The molecule has 0 saturated carbocycles. The Kier molecular flexibility index (Phi) is 11.2. The monoisotopic (exact) mass is 542 g/mol. The standard InChI is InChI=1S/C29H32Cl2N2O2S/c1-3-15-32-29(35)27(17-22-10-5-4-6-11-22)33(18-23-13-14-25(30)26(31)16-23)28(34)20-36-19-24-12-8-7-9-21(24)2/h4-14,16,27H,3,15,17-20H2,1-2H3,(H,32,35)/t27-/m1/s1. The molecule has 4 nitrogen and oxygen atoms in total. The predicted molar refractivity (Wildman–Crippen MR) is 152 cm³/mol. The van der Waals surface area contributed by atoms with E-state index in [2.05, 4.69) is 24.4 Å². The lowest BCUT2D eigenvalue weighted by Crippen LogP contribution is -2.51. The van der Waals surface area contributed by atoms with E-state index in [4.69, 9.17) is 23.2 Å². The first kappa shape index (κ1) is 28.1. The zero-order chi connectivity index (χ0) is 25.9. The van der Waals surface area contributed by atoms with Gasteiger partial charge in [-0.05, 0) is 47.7 Å². The number of thioether (sulfide) groups is 1. The fourth-order valence-corrected chi connectivity index (χ4v) is 5.16. The summed E-state index contributed by atoms with van der Waals surface area (Å²) in [7, 11) is 0. The Morgan fingerprint density at radius 1 is 0.944 bits per heavy atom. The number of carbonyl (C=O) groups excluding carboxylic acids is 2. The number of amides is 2. The van der Waals surface area contributed by atoms with Crippen LogP contribution in [0.2, 0.25) is 10.0 Å². The normalized spacial score (nSPS) is 11.7. The Morgan fingerprint density at radius 2 is 1.67 bits per heavy atom. The zero-order valence-corrected chi connectivity index (χ0v) is 23.0. The number of carbonyl (C=O) groups is 2. The molecule has 0 spiro atoms. The van der Waals surface area contributed by atoms with Crippen molar-refractivity contribution in [3.8, 4) is 0 Å². The number of nitrogens with one attached hydrogen (secondary N) is 1. The molecule has 0 saturated heterocycles. The highest BCUT2D eigenvalue weighted by atomic mass is 35.5. The summed E-state index contributed by atoms with van der Waals surface area (Å²) in [5.41, 5.74) is 4.22. The SMILES string of the molecule is CCCNC(=O)[C@@H](Cc1ccccc1)N(Cc1ccc(Cl)c(Cl)c1)C(=O)CSCc1ccccc1C. The van der Waals surface area contributed by atoms with Gasteiger partial charge in [0.05, 0.1) is 15.8 Å². The molecule has 0 aliphatic carbocycles. The van der Waals surface area contributed by atoms with Crippen molar-refractivity contribution in [2.75, 3.05) is 12.3 Å². The van der Waals surface area contributed by atoms with Gasteiger partial charge < -0.3 is 10.2 Å². The van der Waals surface area contributed by atoms with Crippen molar-refractivity contribution in [1.29, 1.82) is 0 Å². The van der Waals surface area contributed by atoms with E-state index in [1.165, 1.54) is 11.1 Å². The molecule has 3 rings (SSSR count). The lowest BCUT2D eigenvalue weighted by molar-refractivity contribution is -0.139. The average Bonchev–Trinajstić information content (AvgIpc) is 2.88. The summed E-state index contributed by atoms with van der Waals surface area (Å²) in [6.07, 6.45) is 1.24. The summed E-state index contributed by atoms with van der Waals surface area (Å²) >= 11 is 13.9. The fourth-order valence-electron chi connectivity index (χ4n) is 3.86. The quantitative estimate of drug-likeness (QED) is 0.277. The predicted octanol–water partition coefficient (Wildman–Crippen LogP) is 6.70. The van der Waals surface area contributed by atoms with Crippen molar-refractivity contribution in [1.82, 2.24) is 10.2 Å². The van der Waals surface area contributed by atoms with Crippen LogP contribution in [-0.2, 0) is 28.3 Å². The molecule has 36 heavy (non-hydrogen) atoms. The van der Waals surface area contributed by atoms with Crippen LogP contribution in [0.1, 0.15) is 35.6 Å². The van der Waals surface area contributed by atoms with Gasteiger partial charge in [-0.2, -0.15) is 0 Å². The molecule has 0 bridgehead atoms. The van der Waals surface area contributed by atoms with Gasteiger partial charge >= 0.3 is 0 Å². The molecule has 0 fully saturated rings. The average molecular weight is 544 g/mol. The molecule has 3 aromatic carbocycles. The van der Waals surface area contributed by atoms with E-state index in [1.54, 1.807) is 28.8 Å². The smallest absolute Gasteiger partial charge is 0.243 e. The first-order valence-corrected chi connectivity index (χ1v) is 14.0. The summed E-state index contributed by atoms with van der Waals surface area (Å²) in [6.45, 7) is 4.90.